The quantitative estimate of drug-likeness (QED) is 0.808. The average molecular weight is 324 g/mol. The molecule has 1 aliphatic rings. The molecule has 0 saturated heterocycles. The summed E-state index contributed by atoms with van der Waals surface area (Å²) in [6.45, 7) is 3.95. The van der Waals surface area contributed by atoms with Gasteiger partial charge in [-0.15, -0.1) is 0 Å². The number of nitrogens with zero attached hydrogens (tertiary/aromatic N) is 1. The molecule has 0 spiro atoms. The number of carbonyl (C=O) groups excluding carboxylic acids is 1. The number of aliphatic hydroxyl groups is 1. The molecule has 0 fully saturated rings. The molecule has 0 aromatic heterocycles. The lowest BCUT2D eigenvalue weighted by molar-refractivity contribution is -0.117. The minimum Gasteiger partial charge on any atom is -0.511 e. The molecule has 0 saturated carbocycles. The highest BCUT2D eigenvalue weighted by Gasteiger charge is 2.32. The van der Waals surface area contributed by atoms with Crippen molar-refractivity contribution in [2.45, 2.75) is 26.7 Å². The van der Waals surface area contributed by atoms with Crippen molar-refractivity contribution in [1.29, 1.82) is 0 Å². The van der Waals surface area contributed by atoms with Gasteiger partial charge in [-0.1, -0.05) is 29.8 Å². The van der Waals surface area contributed by atoms with Gasteiger partial charge < -0.3 is 5.11 Å². The van der Waals surface area contributed by atoms with Gasteiger partial charge in [0.1, 0.15) is 5.76 Å². The molecule has 0 aliphatic heterocycles. The van der Waals surface area contributed by atoms with Gasteiger partial charge in [0.2, 0.25) is 0 Å². The summed E-state index contributed by atoms with van der Waals surface area (Å²) in [4.78, 5) is 16.2. The predicted octanol–water partition coefficient (Wildman–Crippen LogP) is 4.60. The van der Waals surface area contributed by atoms with E-state index in [-0.39, 0.29) is 18.4 Å². The van der Waals surface area contributed by atoms with E-state index in [9.17, 15) is 9.90 Å². The first-order valence-electron chi connectivity index (χ1n) is 6.12. The van der Waals surface area contributed by atoms with E-state index < -0.39 is 0 Å². The second kappa shape index (κ2) is 5.29. The van der Waals surface area contributed by atoms with Gasteiger partial charge in [0, 0.05) is 25.0 Å². The number of ketones is 1. The Morgan fingerprint density at radius 1 is 1.32 bits per heavy atom. The molecule has 1 aromatic carbocycles. The first-order valence-corrected chi connectivity index (χ1v) is 6.92. The number of allylic oxidation sites excluding steroid dienone is 2. The molecule has 0 bridgehead atoms. The fraction of sp³-hybridized carbons (Fsp3) is 0.333. The van der Waals surface area contributed by atoms with Crippen LogP contribution in [0.4, 0.5) is 5.69 Å². The average Bonchev–Trinajstić information content (AvgIpc) is 2.29. The van der Waals surface area contributed by atoms with Gasteiger partial charge in [-0.3, -0.25) is 9.79 Å². The topological polar surface area (TPSA) is 49.7 Å². The van der Waals surface area contributed by atoms with Crippen LogP contribution in [0.2, 0.25) is 0 Å². The molecular formula is C15H18BrNO2. The third-order valence-electron chi connectivity index (χ3n) is 3.07. The number of halogens is 1. The molecule has 1 N–H and O–H groups in total. The molecule has 0 atom stereocenters. The van der Waals surface area contributed by atoms with Crippen LogP contribution in [0.1, 0.15) is 28.1 Å². The zero-order valence-electron chi connectivity index (χ0n) is 11.0. The van der Waals surface area contributed by atoms with E-state index in [2.05, 4.69) is 20.9 Å². The molecule has 3 nitrogen and oxygen atoms in total. The van der Waals surface area contributed by atoms with Crippen LogP contribution < -0.4 is 0 Å². The molecule has 102 valence electrons. The van der Waals surface area contributed by atoms with Crippen LogP contribution in [-0.4, -0.2) is 17.1 Å². The van der Waals surface area contributed by atoms with Gasteiger partial charge in [0.25, 0.3) is 0 Å². The Kier molecular flexibility index (Phi) is 3.90. The number of Topliss-reactive ketones (excluding diaryl/α,β-unsaturated/α-hetero) is 1. The van der Waals surface area contributed by atoms with E-state index in [0.29, 0.717) is 18.4 Å². The fourth-order valence-corrected chi connectivity index (χ4v) is 2.38. The largest absolute Gasteiger partial charge is 0.511 e. The van der Waals surface area contributed by atoms with E-state index in [1.54, 1.807) is 0 Å². The van der Waals surface area contributed by atoms with E-state index in [4.69, 9.17) is 0 Å². The highest BCUT2D eigenvalue weighted by atomic mass is 79.9. The Morgan fingerprint density at radius 2 is 1.95 bits per heavy atom. The summed E-state index contributed by atoms with van der Waals surface area (Å²) >= 11 is 3.35. The lowest BCUT2D eigenvalue weighted by atomic mass is 9.77. The minimum absolute atomic E-state index is 0. The predicted molar refractivity (Wildman–Crippen MR) is 82.1 cm³/mol. The highest BCUT2D eigenvalue weighted by Crippen LogP contribution is 2.35. The smallest absolute Gasteiger partial charge is 0.168 e. The first-order chi connectivity index (χ1) is 8.87. The molecule has 0 amide bonds. The Labute approximate surface area is 122 Å². The number of benzene rings is 1. The zero-order valence-corrected chi connectivity index (χ0v) is 12.6. The number of aliphatic imine (C=N–C) groups is 1. The maximum atomic E-state index is 12.0. The maximum Gasteiger partial charge on any atom is 0.168 e. The summed E-state index contributed by atoms with van der Waals surface area (Å²) < 4.78 is 0.976. The number of aliphatic hydroxyl groups excluding tert-OH is 1. The molecule has 4 heteroatoms. The molecule has 0 heterocycles. The lowest BCUT2D eigenvalue weighted by Gasteiger charge is -2.28. The third kappa shape index (κ3) is 3.53. The maximum absolute atomic E-state index is 12.0. The lowest BCUT2D eigenvalue weighted by Crippen LogP contribution is -2.26. The van der Waals surface area contributed by atoms with Crippen LogP contribution in [-0.2, 0) is 4.79 Å². The van der Waals surface area contributed by atoms with Crippen LogP contribution >= 0.6 is 15.9 Å². The van der Waals surface area contributed by atoms with Crippen molar-refractivity contribution >= 4 is 33.6 Å². The molecule has 0 radical (unpaired) electrons. The van der Waals surface area contributed by atoms with E-state index >= 15 is 0 Å². The minimum atomic E-state index is -0.171. The van der Waals surface area contributed by atoms with Gasteiger partial charge >= 0.3 is 0 Å². The van der Waals surface area contributed by atoms with Crippen LogP contribution in [0.3, 0.4) is 0 Å². The second-order valence-electron chi connectivity index (χ2n) is 5.54. The summed E-state index contributed by atoms with van der Waals surface area (Å²) in [5, 5.41) is 9.96. The third-order valence-corrected chi connectivity index (χ3v) is 3.59. The summed E-state index contributed by atoms with van der Waals surface area (Å²) in [5.74, 6) is 0.0942. The van der Waals surface area contributed by atoms with Crippen molar-refractivity contribution in [3.05, 3.63) is 40.1 Å². The fourth-order valence-electron chi connectivity index (χ4n) is 2.11. The zero-order chi connectivity index (χ0) is 14.0. The highest BCUT2D eigenvalue weighted by molar-refractivity contribution is 9.10. The molecule has 19 heavy (non-hydrogen) atoms. The van der Waals surface area contributed by atoms with Crippen molar-refractivity contribution < 1.29 is 11.3 Å². The van der Waals surface area contributed by atoms with Crippen molar-refractivity contribution in [3.63, 3.8) is 0 Å². The van der Waals surface area contributed by atoms with Crippen molar-refractivity contribution in [2.75, 3.05) is 0 Å². The molecular weight excluding hydrogens is 306 g/mol. The van der Waals surface area contributed by atoms with Crippen LogP contribution in [0.5, 0.6) is 0 Å². The van der Waals surface area contributed by atoms with Crippen LogP contribution in [0, 0.1) is 5.41 Å². The van der Waals surface area contributed by atoms with Gasteiger partial charge in [-0.2, -0.15) is 0 Å². The van der Waals surface area contributed by atoms with Crippen molar-refractivity contribution in [1.82, 2.24) is 0 Å². The van der Waals surface area contributed by atoms with Gasteiger partial charge in [0.15, 0.2) is 5.78 Å². The monoisotopic (exact) mass is 323 g/mol. The number of hydrogen-bond donors (Lipinski definition) is 1. The molecule has 2 rings (SSSR count). The summed E-state index contributed by atoms with van der Waals surface area (Å²) in [6.07, 6.45) is 2.43. The number of carbonyl (C=O) groups is 1. The van der Waals surface area contributed by atoms with E-state index in [1.807, 2.05) is 38.1 Å². The van der Waals surface area contributed by atoms with Crippen molar-refractivity contribution in [3.8, 4) is 0 Å². The van der Waals surface area contributed by atoms with Gasteiger partial charge in [-0.25, -0.2) is 0 Å². The summed E-state index contributed by atoms with van der Waals surface area (Å²) in [6, 6.07) is 7.45. The Hall–Kier alpha value is -1.42. The Morgan fingerprint density at radius 3 is 2.53 bits per heavy atom. The molecule has 0 unspecified atom stereocenters. The number of rotatable bonds is 2. The van der Waals surface area contributed by atoms with Gasteiger partial charge in [-0.05, 0) is 29.7 Å². The van der Waals surface area contributed by atoms with E-state index in [0.717, 1.165) is 10.2 Å². The van der Waals surface area contributed by atoms with Gasteiger partial charge in [0.05, 0.1) is 11.3 Å². The first kappa shape index (κ1) is 14.0. The SMILES string of the molecule is CC1(C)CC(=O)C(C=Nc2ccc(Br)cc2)=C(O)C1.[HH]. The Bertz CT molecular complexity index is 562. The van der Waals surface area contributed by atoms with Crippen LogP contribution in [0.25, 0.3) is 0 Å². The van der Waals surface area contributed by atoms with E-state index in [1.165, 1.54) is 6.21 Å². The summed E-state index contributed by atoms with van der Waals surface area (Å²) in [5.41, 5.74) is 0.916. The van der Waals surface area contributed by atoms with Crippen LogP contribution in [0.15, 0.2) is 45.1 Å². The molecule has 1 aromatic rings. The summed E-state index contributed by atoms with van der Waals surface area (Å²) in [7, 11) is 0. The second-order valence-corrected chi connectivity index (χ2v) is 6.45. The van der Waals surface area contributed by atoms with Crippen molar-refractivity contribution in [2.24, 2.45) is 10.4 Å². The normalized spacial score (nSPS) is 19.2. The number of hydrogen-bond acceptors (Lipinski definition) is 3. The standard InChI is InChI=1S/C15H16BrNO2.H2/c1-15(2)7-13(18)12(14(19)8-15)9-17-11-5-3-10(16)4-6-11;/h3-6,9,18H,7-8H2,1-2H3;1H. The Balaban J connectivity index is 0.00000200. The molecule has 1 aliphatic carbocycles.